The first-order valence-electron chi connectivity index (χ1n) is 11.1. The van der Waals surface area contributed by atoms with Crippen LogP contribution in [-0.4, -0.2) is 31.3 Å². The van der Waals surface area contributed by atoms with E-state index in [-0.39, 0.29) is 17.1 Å². The standard InChI is InChI=1S/C27H30N2O4S/c1-6-19-11-7-10-17(2)25(19)29-26(30)18(3)34-21-13-8-12-20(16-21)28-27(31)24-22(32-4)14-9-15-23(24)33-5/h7-16,18H,6H2,1-5H3,(H,28,31)(H,29,30). The molecule has 0 aliphatic rings. The van der Waals surface area contributed by atoms with E-state index < -0.39 is 0 Å². The fourth-order valence-corrected chi connectivity index (χ4v) is 4.53. The van der Waals surface area contributed by atoms with Crippen LogP contribution in [-0.2, 0) is 11.2 Å². The summed E-state index contributed by atoms with van der Waals surface area (Å²) in [4.78, 5) is 26.7. The molecule has 7 heteroatoms. The Morgan fingerprint density at radius 3 is 2.24 bits per heavy atom. The third kappa shape index (κ3) is 5.91. The Kier molecular flexibility index (Phi) is 8.60. The molecule has 6 nitrogen and oxygen atoms in total. The summed E-state index contributed by atoms with van der Waals surface area (Å²) in [5.74, 6) is 0.446. The number of hydrogen-bond donors (Lipinski definition) is 2. The number of rotatable bonds is 9. The zero-order valence-electron chi connectivity index (χ0n) is 20.1. The van der Waals surface area contributed by atoms with Gasteiger partial charge in [-0.15, -0.1) is 11.8 Å². The number of thioether (sulfide) groups is 1. The van der Waals surface area contributed by atoms with Crippen LogP contribution >= 0.6 is 11.8 Å². The van der Waals surface area contributed by atoms with Gasteiger partial charge in [-0.3, -0.25) is 9.59 Å². The third-order valence-corrected chi connectivity index (χ3v) is 6.51. The maximum absolute atomic E-state index is 13.0. The average Bonchev–Trinajstić information content (AvgIpc) is 2.84. The van der Waals surface area contributed by atoms with Crippen molar-refractivity contribution in [2.24, 2.45) is 0 Å². The predicted molar refractivity (Wildman–Crippen MR) is 138 cm³/mol. The summed E-state index contributed by atoms with van der Waals surface area (Å²) >= 11 is 1.43. The highest BCUT2D eigenvalue weighted by Crippen LogP contribution is 2.31. The van der Waals surface area contributed by atoms with E-state index >= 15 is 0 Å². The second kappa shape index (κ2) is 11.6. The highest BCUT2D eigenvalue weighted by molar-refractivity contribution is 8.00. The number of methoxy groups -OCH3 is 2. The van der Waals surface area contributed by atoms with Crippen molar-refractivity contribution in [3.63, 3.8) is 0 Å². The third-order valence-electron chi connectivity index (χ3n) is 5.42. The van der Waals surface area contributed by atoms with E-state index in [0.717, 1.165) is 28.1 Å². The van der Waals surface area contributed by atoms with Crippen molar-refractivity contribution in [1.29, 1.82) is 0 Å². The molecule has 0 spiro atoms. The van der Waals surface area contributed by atoms with Crippen LogP contribution in [0.15, 0.2) is 65.6 Å². The normalized spacial score (nSPS) is 11.4. The Balaban J connectivity index is 1.72. The summed E-state index contributed by atoms with van der Waals surface area (Å²) in [6.45, 7) is 5.94. The fourth-order valence-electron chi connectivity index (χ4n) is 3.60. The highest BCUT2D eigenvalue weighted by atomic mass is 32.2. The Labute approximate surface area is 205 Å². The summed E-state index contributed by atoms with van der Waals surface area (Å²) in [5.41, 5.74) is 3.98. The fraction of sp³-hybridized carbons (Fsp3) is 0.259. The van der Waals surface area contributed by atoms with Crippen LogP contribution in [0.3, 0.4) is 0 Å². The summed E-state index contributed by atoms with van der Waals surface area (Å²) < 4.78 is 10.7. The lowest BCUT2D eigenvalue weighted by Gasteiger charge is -2.17. The van der Waals surface area contributed by atoms with Crippen LogP contribution in [0, 0.1) is 6.92 Å². The maximum Gasteiger partial charge on any atom is 0.263 e. The number of benzene rings is 3. The molecular formula is C27H30N2O4S. The van der Waals surface area contributed by atoms with Gasteiger partial charge in [0.15, 0.2) is 0 Å². The molecular weight excluding hydrogens is 448 g/mol. The highest BCUT2D eigenvalue weighted by Gasteiger charge is 2.20. The zero-order valence-corrected chi connectivity index (χ0v) is 20.9. The van der Waals surface area contributed by atoms with Crippen molar-refractivity contribution in [1.82, 2.24) is 0 Å². The molecule has 0 aromatic heterocycles. The van der Waals surface area contributed by atoms with Gasteiger partial charge in [0.1, 0.15) is 17.1 Å². The SMILES string of the molecule is CCc1cccc(C)c1NC(=O)C(C)Sc1cccc(NC(=O)c2c(OC)cccc2OC)c1. The van der Waals surface area contributed by atoms with E-state index in [0.29, 0.717) is 22.7 Å². The topological polar surface area (TPSA) is 76.7 Å². The molecule has 2 amide bonds. The molecule has 178 valence electrons. The summed E-state index contributed by atoms with van der Waals surface area (Å²) in [5, 5.41) is 5.66. The summed E-state index contributed by atoms with van der Waals surface area (Å²) in [6.07, 6.45) is 0.845. The second-order valence-electron chi connectivity index (χ2n) is 7.73. The van der Waals surface area contributed by atoms with E-state index in [4.69, 9.17) is 9.47 Å². The maximum atomic E-state index is 13.0. The minimum atomic E-state index is -0.339. The molecule has 0 aliphatic heterocycles. The van der Waals surface area contributed by atoms with Gasteiger partial charge >= 0.3 is 0 Å². The quantitative estimate of drug-likeness (QED) is 0.372. The lowest BCUT2D eigenvalue weighted by atomic mass is 10.1. The Morgan fingerprint density at radius 1 is 0.941 bits per heavy atom. The van der Waals surface area contributed by atoms with Crippen LogP contribution in [0.5, 0.6) is 11.5 Å². The molecule has 0 bridgehead atoms. The molecule has 0 fully saturated rings. The van der Waals surface area contributed by atoms with Crippen LogP contribution < -0.4 is 20.1 Å². The van der Waals surface area contributed by atoms with E-state index in [1.54, 1.807) is 24.3 Å². The minimum absolute atomic E-state index is 0.0674. The van der Waals surface area contributed by atoms with E-state index in [1.807, 2.05) is 50.2 Å². The first kappa shape index (κ1) is 25.2. The molecule has 34 heavy (non-hydrogen) atoms. The molecule has 2 N–H and O–H groups in total. The van der Waals surface area contributed by atoms with Crippen molar-refractivity contribution in [3.05, 3.63) is 77.4 Å². The number of para-hydroxylation sites is 1. The first-order valence-corrected chi connectivity index (χ1v) is 11.9. The van der Waals surface area contributed by atoms with Crippen LogP contribution in [0.1, 0.15) is 35.3 Å². The van der Waals surface area contributed by atoms with Gasteiger partial charge in [-0.05, 0) is 61.7 Å². The van der Waals surface area contributed by atoms with Crippen molar-refractivity contribution >= 4 is 35.0 Å². The Hall–Kier alpha value is -3.45. The lowest BCUT2D eigenvalue weighted by molar-refractivity contribution is -0.115. The van der Waals surface area contributed by atoms with Gasteiger partial charge in [-0.25, -0.2) is 0 Å². The minimum Gasteiger partial charge on any atom is -0.496 e. The number of carbonyl (C=O) groups is 2. The van der Waals surface area contributed by atoms with E-state index in [1.165, 1.54) is 26.0 Å². The Bertz CT molecular complexity index is 1160. The van der Waals surface area contributed by atoms with Gasteiger partial charge in [0.05, 0.1) is 19.5 Å². The number of ether oxygens (including phenoxy) is 2. The van der Waals surface area contributed by atoms with Crippen molar-refractivity contribution < 1.29 is 19.1 Å². The van der Waals surface area contributed by atoms with E-state index in [2.05, 4.69) is 17.6 Å². The monoisotopic (exact) mass is 478 g/mol. The largest absolute Gasteiger partial charge is 0.496 e. The number of carbonyl (C=O) groups excluding carboxylic acids is 2. The van der Waals surface area contributed by atoms with Gasteiger partial charge in [0.2, 0.25) is 5.91 Å². The molecule has 0 saturated heterocycles. The zero-order chi connectivity index (χ0) is 24.7. The van der Waals surface area contributed by atoms with Crippen LogP contribution in [0.2, 0.25) is 0 Å². The van der Waals surface area contributed by atoms with Crippen molar-refractivity contribution in [2.45, 2.75) is 37.3 Å². The molecule has 3 aromatic carbocycles. The van der Waals surface area contributed by atoms with Crippen LogP contribution in [0.25, 0.3) is 0 Å². The first-order chi connectivity index (χ1) is 16.4. The number of anilines is 2. The molecule has 0 saturated carbocycles. The van der Waals surface area contributed by atoms with Crippen LogP contribution in [0.4, 0.5) is 11.4 Å². The number of aryl methyl sites for hydroxylation is 2. The molecule has 0 heterocycles. The Morgan fingerprint density at radius 2 is 1.59 bits per heavy atom. The molecule has 3 rings (SSSR count). The van der Waals surface area contributed by atoms with E-state index in [9.17, 15) is 9.59 Å². The number of hydrogen-bond acceptors (Lipinski definition) is 5. The predicted octanol–water partition coefficient (Wildman–Crippen LogP) is 5.95. The lowest BCUT2D eigenvalue weighted by Crippen LogP contribution is -2.23. The van der Waals surface area contributed by atoms with Gasteiger partial charge in [0.25, 0.3) is 5.91 Å². The molecule has 1 atom stereocenters. The summed E-state index contributed by atoms with van der Waals surface area (Å²) in [6, 6.07) is 18.6. The molecule has 0 radical (unpaired) electrons. The van der Waals surface area contributed by atoms with Gasteiger partial charge in [-0.2, -0.15) is 0 Å². The smallest absolute Gasteiger partial charge is 0.263 e. The van der Waals surface area contributed by atoms with Crippen molar-refractivity contribution in [2.75, 3.05) is 24.9 Å². The average molecular weight is 479 g/mol. The number of nitrogens with one attached hydrogen (secondary N) is 2. The van der Waals surface area contributed by atoms with Gasteiger partial charge < -0.3 is 20.1 Å². The summed E-state index contributed by atoms with van der Waals surface area (Å²) in [7, 11) is 3.02. The second-order valence-corrected chi connectivity index (χ2v) is 9.15. The molecule has 0 aliphatic carbocycles. The van der Waals surface area contributed by atoms with Gasteiger partial charge in [0, 0.05) is 16.3 Å². The van der Waals surface area contributed by atoms with Gasteiger partial charge in [-0.1, -0.05) is 37.3 Å². The molecule has 1 unspecified atom stereocenters. The number of amides is 2. The molecule has 3 aromatic rings. The van der Waals surface area contributed by atoms with Crippen molar-refractivity contribution in [3.8, 4) is 11.5 Å².